The van der Waals surface area contributed by atoms with Crippen LogP contribution in [0.3, 0.4) is 0 Å². The number of hydrogen-bond donors (Lipinski definition) is 2. The molecule has 4 N–H and O–H groups in total. The second kappa shape index (κ2) is 4.25. The average Bonchev–Trinajstić information content (AvgIpc) is 2.15. The monoisotopic (exact) mass is 178 g/mol. The molecule has 0 bridgehead atoms. The molecule has 13 heavy (non-hydrogen) atoms. The minimum Gasteiger partial charge on any atom is -0.266 e. The van der Waals surface area contributed by atoms with E-state index >= 15 is 0 Å². The number of primary amides is 1. The molecule has 1 aromatic rings. The van der Waals surface area contributed by atoms with Crippen LogP contribution in [0.25, 0.3) is 0 Å². The van der Waals surface area contributed by atoms with Crippen molar-refractivity contribution in [2.75, 3.05) is 0 Å². The van der Waals surface area contributed by atoms with Gasteiger partial charge in [-0.05, 0) is 5.56 Å². The number of urea groups is 1. The molecule has 0 saturated carbocycles. The fourth-order valence-electron chi connectivity index (χ4n) is 0.908. The summed E-state index contributed by atoms with van der Waals surface area (Å²) in [5.74, 6) is 5.27. The number of benzene rings is 1. The van der Waals surface area contributed by atoms with Crippen molar-refractivity contribution in [3.63, 3.8) is 0 Å². The van der Waals surface area contributed by atoms with Crippen molar-refractivity contribution in [1.29, 1.82) is 0 Å². The Kier molecular flexibility index (Phi) is 3.03. The van der Waals surface area contributed by atoms with Gasteiger partial charge in [0.1, 0.15) is 6.21 Å². The third kappa shape index (κ3) is 2.94. The number of hydrogen-bond acceptors (Lipinski definition) is 2. The molecule has 0 aliphatic heterocycles. The molecule has 1 aromatic carbocycles. The Hall–Kier alpha value is -1.84. The maximum atomic E-state index is 10.5. The minimum absolute atomic E-state index is 0.597. The first kappa shape index (κ1) is 9.25. The lowest BCUT2D eigenvalue weighted by molar-refractivity contribution is -0.433. The van der Waals surface area contributed by atoms with Gasteiger partial charge in [0, 0.05) is 6.42 Å². The van der Waals surface area contributed by atoms with Gasteiger partial charge < -0.3 is 0 Å². The van der Waals surface area contributed by atoms with Gasteiger partial charge in [-0.25, -0.2) is 5.73 Å². The third-order valence-electron chi connectivity index (χ3n) is 1.62. The Labute approximate surface area is 76.4 Å². The Bertz CT molecular complexity index is 319. The van der Waals surface area contributed by atoms with Gasteiger partial charge in [0.05, 0.1) is 0 Å². The van der Waals surface area contributed by atoms with Crippen molar-refractivity contribution >= 4 is 12.2 Å². The topological polar surface area (TPSA) is 72.1 Å². The summed E-state index contributed by atoms with van der Waals surface area (Å²) in [6.45, 7) is 0. The van der Waals surface area contributed by atoms with E-state index in [4.69, 9.17) is 11.6 Å². The van der Waals surface area contributed by atoms with Crippen molar-refractivity contribution in [3.8, 4) is 0 Å². The molecule has 0 aliphatic carbocycles. The number of hydrazone groups is 1. The van der Waals surface area contributed by atoms with E-state index in [2.05, 4.69) is 0 Å². The van der Waals surface area contributed by atoms with Crippen molar-refractivity contribution in [2.45, 2.75) is 6.42 Å². The largest absolute Gasteiger partial charge is 0.511 e. The molecule has 0 radical (unpaired) electrons. The molecule has 0 heterocycles. The van der Waals surface area contributed by atoms with Crippen LogP contribution in [0.4, 0.5) is 4.79 Å². The van der Waals surface area contributed by atoms with E-state index in [1.54, 1.807) is 0 Å². The predicted molar refractivity (Wildman–Crippen MR) is 50.2 cm³/mol. The van der Waals surface area contributed by atoms with Crippen LogP contribution < -0.4 is 11.6 Å². The van der Waals surface area contributed by atoms with E-state index in [1.165, 1.54) is 6.21 Å². The maximum Gasteiger partial charge on any atom is 0.511 e. The molecule has 0 aliphatic rings. The molecular weight excluding hydrogens is 166 g/mol. The second-order valence-electron chi connectivity index (χ2n) is 2.62. The highest BCUT2D eigenvalue weighted by Gasteiger charge is 2.02. The summed E-state index contributed by atoms with van der Waals surface area (Å²) >= 11 is 0. The molecule has 0 saturated heterocycles. The summed E-state index contributed by atoms with van der Waals surface area (Å²) in [7, 11) is 0. The first-order valence-corrected chi connectivity index (χ1v) is 3.91. The van der Waals surface area contributed by atoms with Gasteiger partial charge in [-0.1, -0.05) is 30.3 Å². The molecule has 2 amide bonds. The van der Waals surface area contributed by atoms with Gasteiger partial charge >= 0.3 is 6.03 Å². The molecular formula is C9H12N3O+. The Balaban J connectivity index is 2.62. The summed E-state index contributed by atoms with van der Waals surface area (Å²) in [6, 6.07) is 9.02. The molecule has 4 heteroatoms. The number of hydrazine groups is 1. The SMILES string of the molecule is NC(=O)/[N+](N)=C/Cc1ccccc1. The van der Waals surface area contributed by atoms with Gasteiger partial charge in [0.25, 0.3) is 0 Å². The fourth-order valence-corrected chi connectivity index (χ4v) is 0.908. The van der Waals surface area contributed by atoms with E-state index in [-0.39, 0.29) is 0 Å². The lowest BCUT2D eigenvalue weighted by atomic mass is 10.2. The van der Waals surface area contributed by atoms with Crippen LogP contribution in [0.1, 0.15) is 5.56 Å². The van der Waals surface area contributed by atoms with Gasteiger partial charge in [-0.2, -0.15) is 4.79 Å². The van der Waals surface area contributed by atoms with Crippen LogP contribution in [0.2, 0.25) is 0 Å². The smallest absolute Gasteiger partial charge is 0.266 e. The van der Waals surface area contributed by atoms with E-state index in [0.717, 1.165) is 10.2 Å². The predicted octanol–water partition coefficient (Wildman–Crippen LogP) is 0.265. The van der Waals surface area contributed by atoms with E-state index in [0.29, 0.717) is 6.42 Å². The molecule has 4 nitrogen and oxygen atoms in total. The summed E-state index contributed by atoms with van der Waals surface area (Å²) in [4.78, 5) is 10.5. The highest BCUT2D eigenvalue weighted by molar-refractivity contribution is 5.69. The van der Waals surface area contributed by atoms with E-state index in [9.17, 15) is 4.79 Å². The standard InChI is InChI=1S/C9H11N3O/c10-9(13)12(11)7-6-8-4-2-1-3-5-8/h1-5,7H,6,11H2,(H-,10,13)/p+1/b12-7-. The first-order valence-electron chi connectivity index (χ1n) is 3.91. The van der Waals surface area contributed by atoms with Crippen LogP contribution in [-0.4, -0.2) is 16.9 Å². The molecule has 0 spiro atoms. The second-order valence-corrected chi connectivity index (χ2v) is 2.62. The normalized spacial score (nSPS) is 11.2. The minimum atomic E-state index is -0.657. The first-order chi connectivity index (χ1) is 6.20. The highest BCUT2D eigenvalue weighted by Crippen LogP contribution is 1.96. The van der Waals surface area contributed by atoms with Gasteiger partial charge in [-0.15, -0.1) is 4.68 Å². The molecule has 0 aromatic heterocycles. The van der Waals surface area contributed by atoms with E-state index in [1.807, 2.05) is 30.3 Å². The number of amides is 2. The zero-order valence-corrected chi connectivity index (χ0v) is 7.18. The van der Waals surface area contributed by atoms with Gasteiger partial charge in [0.15, 0.2) is 0 Å². The van der Waals surface area contributed by atoms with Crippen LogP contribution in [0.15, 0.2) is 30.3 Å². The highest BCUT2D eigenvalue weighted by atomic mass is 16.2. The maximum absolute atomic E-state index is 10.5. The summed E-state index contributed by atoms with van der Waals surface area (Å²) in [6.07, 6.45) is 2.14. The lowest BCUT2D eigenvalue weighted by Gasteiger charge is -1.94. The third-order valence-corrected chi connectivity index (χ3v) is 1.62. The summed E-state index contributed by atoms with van der Waals surface area (Å²) in [5, 5.41) is 0. The van der Waals surface area contributed by atoms with Crippen LogP contribution >= 0.6 is 0 Å². The lowest BCUT2D eigenvalue weighted by Crippen LogP contribution is -2.33. The molecule has 1 rings (SSSR count). The molecule has 0 unspecified atom stereocenters. The Morgan fingerprint density at radius 2 is 2.00 bits per heavy atom. The van der Waals surface area contributed by atoms with Crippen LogP contribution in [-0.2, 0) is 6.42 Å². The van der Waals surface area contributed by atoms with Crippen molar-refractivity contribution in [2.24, 2.45) is 11.6 Å². The number of nitrogens with two attached hydrogens (primary N) is 2. The van der Waals surface area contributed by atoms with Crippen molar-refractivity contribution in [3.05, 3.63) is 35.9 Å². The quantitative estimate of drug-likeness (QED) is 0.224. The molecule has 68 valence electrons. The number of carbonyl (C=O) groups is 1. The fraction of sp³-hybridized carbons (Fsp3) is 0.111. The van der Waals surface area contributed by atoms with Crippen molar-refractivity contribution < 1.29 is 9.48 Å². The Morgan fingerprint density at radius 1 is 1.38 bits per heavy atom. The average molecular weight is 178 g/mol. The van der Waals surface area contributed by atoms with Crippen LogP contribution in [0, 0.1) is 0 Å². The van der Waals surface area contributed by atoms with Gasteiger partial charge in [0.2, 0.25) is 0 Å². The zero-order chi connectivity index (χ0) is 9.68. The zero-order valence-electron chi connectivity index (χ0n) is 7.18. The number of carbonyl (C=O) groups excluding carboxylic acids is 1. The number of rotatable bonds is 2. The Morgan fingerprint density at radius 3 is 2.54 bits per heavy atom. The van der Waals surface area contributed by atoms with E-state index < -0.39 is 6.03 Å². The summed E-state index contributed by atoms with van der Waals surface area (Å²) in [5.41, 5.74) is 6.01. The van der Waals surface area contributed by atoms with Crippen LogP contribution in [0.5, 0.6) is 0 Å². The molecule has 0 fully saturated rings. The summed E-state index contributed by atoms with van der Waals surface area (Å²) < 4.78 is 0.882. The number of nitrogens with zero attached hydrogens (tertiary/aromatic N) is 1. The van der Waals surface area contributed by atoms with Crippen molar-refractivity contribution in [1.82, 2.24) is 0 Å². The molecule has 0 atom stereocenters. The van der Waals surface area contributed by atoms with Gasteiger partial charge in [-0.3, -0.25) is 5.84 Å².